The van der Waals surface area contributed by atoms with Crippen LogP contribution in [0.1, 0.15) is 259 Å². The van der Waals surface area contributed by atoms with Gasteiger partial charge in [-0.05, 0) is 32.1 Å². The molecular formula is C53H104ClN2O8P. The maximum Gasteiger partial charge on any atom is 0.475 e. The molecule has 12 heteroatoms. The predicted molar refractivity (Wildman–Crippen MR) is 267 cm³/mol. The van der Waals surface area contributed by atoms with Gasteiger partial charge in [0.05, 0.1) is 26.2 Å². The van der Waals surface area contributed by atoms with Crippen molar-refractivity contribution in [2.45, 2.75) is 265 Å². The van der Waals surface area contributed by atoms with Gasteiger partial charge in [0.1, 0.15) is 26.4 Å². The molecule has 10 nitrogen and oxygen atoms in total. The van der Waals surface area contributed by atoms with Gasteiger partial charge >= 0.3 is 19.8 Å². The lowest BCUT2D eigenvalue weighted by atomic mass is 10.0. The van der Waals surface area contributed by atoms with Crippen LogP contribution in [-0.2, 0) is 37.2 Å². The van der Waals surface area contributed by atoms with Crippen LogP contribution in [0, 0.1) is 6.57 Å². The second kappa shape index (κ2) is 49.2. The van der Waals surface area contributed by atoms with E-state index in [0.717, 1.165) is 81.9 Å². The number of phosphoric acid groups is 1. The van der Waals surface area contributed by atoms with Crippen molar-refractivity contribution in [3.8, 4) is 0 Å². The zero-order chi connectivity index (χ0) is 47.1. The van der Waals surface area contributed by atoms with Gasteiger partial charge in [0.2, 0.25) is 6.54 Å². The number of phosphoric ester groups is 1. The first-order chi connectivity index (χ1) is 31.2. The number of hydrogen-bond donors (Lipinski definition) is 0. The van der Waals surface area contributed by atoms with Crippen LogP contribution in [-0.4, -0.2) is 81.7 Å². The highest BCUT2D eigenvalue weighted by molar-refractivity contribution is 7.48. The number of carbonyl (C=O) groups excluding carboxylic acids is 2. The second-order valence-corrected chi connectivity index (χ2v) is 20.4. The van der Waals surface area contributed by atoms with E-state index in [1.807, 2.05) is 0 Å². The molecule has 0 aromatic rings. The zero-order valence-corrected chi connectivity index (χ0v) is 44.8. The van der Waals surface area contributed by atoms with Gasteiger partial charge < -0.3 is 31.2 Å². The van der Waals surface area contributed by atoms with Crippen LogP contribution in [0.4, 0.5) is 0 Å². The zero-order valence-electron chi connectivity index (χ0n) is 43.2. The van der Waals surface area contributed by atoms with Gasteiger partial charge in [-0.25, -0.2) is 11.1 Å². The Labute approximate surface area is 408 Å². The van der Waals surface area contributed by atoms with E-state index >= 15 is 0 Å². The van der Waals surface area contributed by atoms with Crippen molar-refractivity contribution in [1.82, 2.24) is 0 Å². The van der Waals surface area contributed by atoms with Crippen molar-refractivity contribution in [3.63, 3.8) is 0 Å². The molecular weight excluding hydrogens is 859 g/mol. The summed E-state index contributed by atoms with van der Waals surface area (Å²) in [5.41, 5.74) is 0. The highest BCUT2D eigenvalue weighted by atomic mass is 35.5. The van der Waals surface area contributed by atoms with Crippen molar-refractivity contribution < 1.29 is 54.1 Å². The molecule has 0 aromatic carbocycles. The maximum atomic E-state index is 13.9. The first-order valence-corrected chi connectivity index (χ1v) is 28.8. The van der Waals surface area contributed by atoms with Gasteiger partial charge in [-0.1, -0.05) is 214 Å². The molecule has 2 unspecified atom stereocenters. The van der Waals surface area contributed by atoms with Crippen molar-refractivity contribution >= 4 is 19.8 Å². The van der Waals surface area contributed by atoms with Crippen LogP contribution in [0.2, 0.25) is 0 Å². The number of hydrogen-bond acceptors (Lipinski definition) is 8. The Hall–Kier alpha value is -1.21. The number of ether oxygens (including phenoxy) is 2. The van der Waals surface area contributed by atoms with Gasteiger partial charge in [-0.3, -0.25) is 23.2 Å². The summed E-state index contributed by atoms with van der Waals surface area (Å²) in [6, 6.07) is 0. The third-order valence-electron chi connectivity index (χ3n) is 12.5. The molecule has 0 aliphatic rings. The van der Waals surface area contributed by atoms with E-state index in [9.17, 15) is 14.2 Å². The van der Waals surface area contributed by atoms with Gasteiger partial charge in [-0.15, -0.1) is 0 Å². The Morgan fingerprint density at radius 3 is 1.18 bits per heavy atom. The highest BCUT2D eigenvalue weighted by Gasteiger charge is 2.33. The first-order valence-electron chi connectivity index (χ1n) is 27.3. The lowest BCUT2D eigenvalue weighted by Crippen LogP contribution is -3.00. The molecule has 0 heterocycles. The summed E-state index contributed by atoms with van der Waals surface area (Å²) < 4.78 is 43.5. The van der Waals surface area contributed by atoms with E-state index in [0.29, 0.717) is 13.0 Å². The average Bonchev–Trinajstić information content (AvgIpc) is 3.27. The van der Waals surface area contributed by atoms with Crippen molar-refractivity contribution in [2.24, 2.45) is 0 Å². The van der Waals surface area contributed by atoms with Crippen molar-refractivity contribution in [3.05, 3.63) is 11.4 Å². The van der Waals surface area contributed by atoms with Crippen molar-refractivity contribution in [1.29, 1.82) is 0 Å². The quantitative estimate of drug-likeness (QED) is 0.0195. The van der Waals surface area contributed by atoms with Gasteiger partial charge in [0.15, 0.2) is 6.10 Å². The van der Waals surface area contributed by atoms with Gasteiger partial charge in [-0.2, -0.15) is 0 Å². The van der Waals surface area contributed by atoms with Crippen LogP contribution in [0.5, 0.6) is 0 Å². The largest absolute Gasteiger partial charge is 1.00 e. The molecule has 0 bridgehead atoms. The topological polar surface area (TPSA) is 102 Å². The number of quaternary nitrogens is 1. The fourth-order valence-electron chi connectivity index (χ4n) is 8.82. The van der Waals surface area contributed by atoms with Gasteiger partial charge in [0, 0.05) is 12.8 Å². The Kier molecular flexibility index (Phi) is 49.9. The Balaban J connectivity index is 0. The lowest BCUT2D eigenvalue weighted by molar-refractivity contribution is -0.928. The number of unbranched alkanes of at least 4 members (excludes halogenated alkanes) is 28. The molecule has 0 amide bonds. The molecule has 0 spiro atoms. The normalized spacial score (nSPS) is 12.9. The summed E-state index contributed by atoms with van der Waals surface area (Å²) in [4.78, 5) is 29.2. The average molecular weight is 964 g/mol. The smallest absolute Gasteiger partial charge is 0.475 e. The number of rotatable bonds is 51. The number of nitrogens with zero attached hydrogens (tertiary/aromatic N) is 2. The monoisotopic (exact) mass is 963 g/mol. The molecule has 0 fully saturated rings. The first kappa shape index (κ1) is 65.9. The molecule has 0 aromatic heterocycles. The molecule has 0 aliphatic carbocycles. The standard InChI is InChI=1S/C53H104N2O8P.ClH/c1-7-12-14-16-18-20-22-24-26-28-30-32-34-36-38-40-52(56)59-49-51(63-53(57)41-39-37-35-33-31-29-27-25-23-21-19-17-15-13-8-2)50-62-64(58,60-47-42-54-6)61-48-46-55(43-9-3,44-10-4)45-11-5;/h51H,7-50H2,1-5H3;1H/q+1;/p-1. The van der Waals surface area contributed by atoms with E-state index in [2.05, 4.69) is 39.5 Å². The second-order valence-electron chi connectivity index (χ2n) is 18.7. The molecule has 0 rings (SSSR count). The van der Waals surface area contributed by atoms with E-state index in [-0.39, 0.29) is 57.8 Å². The van der Waals surface area contributed by atoms with Crippen LogP contribution < -0.4 is 12.4 Å². The molecule has 386 valence electrons. The number of carbonyl (C=O) groups is 2. The maximum absolute atomic E-state index is 13.9. The summed E-state index contributed by atoms with van der Waals surface area (Å²) >= 11 is 0. The summed E-state index contributed by atoms with van der Waals surface area (Å²) in [5, 5.41) is 0. The molecule has 0 saturated heterocycles. The minimum absolute atomic E-state index is 0. The Bertz CT molecular complexity index is 1120. The number of halogens is 1. The summed E-state index contributed by atoms with van der Waals surface area (Å²) in [7, 11) is -4.12. The third kappa shape index (κ3) is 42.6. The summed E-state index contributed by atoms with van der Waals surface area (Å²) in [5.74, 6) is -0.741. The van der Waals surface area contributed by atoms with Crippen LogP contribution in [0.15, 0.2) is 0 Å². The van der Waals surface area contributed by atoms with E-state index < -0.39 is 19.9 Å². The molecule has 0 aliphatic heterocycles. The SMILES string of the molecule is [C-]#[N+]CCOP(=O)(OCC[N+](CCC)(CCC)CCC)OCC(COC(=O)CCCCCCCCCCCCCCCCC)OC(=O)CCCCCCCCCCCCCCCCC.[Cl-]. The highest BCUT2D eigenvalue weighted by Crippen LogP contribution is 2.49. The minimum atomic E-state index is -4.12. The fraction of sp³-hybridized carbons (Fsp3) is 0.943. The third-order valence-corrected chi connectivity index (χ3v) is 13.9. The fourth-order valence-corrected chi connectivity index (χ4v) is 10.0. The lowest BCUT2D eigenvalue weighted by Gasteiger charge is -2.38. The van der Waals surface area contributed by atoms with Crippen LogP contribution in [0.25, 0.3) is 4.85 Å². The molecule has 2 atom stereocenters. The van der Waals surface area contributed by atoms with Crippen molar-refractivity contribution in [2.75, 3.05) is 59.2 Å². The minimum Gasteiger partial charge on any atom is -1.00 e. The Morgan fingerprint density at radius 1 is 0.462 bits per heavy atom. The van der Waals surface area contributed by atoms with E-state index in [1.165, 1.54) is 154 Å². The van der Waals surface area contributed by atoms with Crippen LogP contribution >= 0.6 is 7.82 Å². The molecule has 0 radical (unpaired) electrons. The number of esters is 2. The van der Waals surface area contributed by atoms with E-state index in [1.54, 1.807) is 0 Å². The van der Waals surface area contributed by atoms with Gasteiger partial charge in [0.25, 0.3) is 0 Å². The molecule has 0 N–H and O–H groups in total. The summed E-state index contributed by atoms with van der Waals surface area (Å²) in [6.45, 7) is 21.4. The molecule has 65 heavy (non-hydrogen) atoms. The Morgan fingerprint density at radius 2 is 0.815 bits per heavy atom. The summed E-state index contributed by atoms with van der Waals surface area (Å²) in [6.07, 6.45) is 40.1. The van der Waals surface area contributed by atoms with E-state index in [4.69, 9.17) is 29.6 Å². The van der Waals surface area contributed by atoms with Crippen LogP contribution in [0.3, 0.4) is 0 Å². The predicted octanol–water partition coefficient (Wildman–Crippen LogP) is 13.1. The molecule has 0 saturated carbocycles.